The summed E-state index contributed by atoms with van der Waals surface area (Å²) in [6, 6.07) is 10.8. The Kier molecular flexibility index (Phi) is 7.49. The second-order valence-electron chi connectivity index (χ2n) is 4.38. The van der Waals surface area contributed by atoms with E-state index in [1.165, 1.54) is 50.5 Å². The minimum Gasteiger partial charge on any atom is -0.0845 e. The van der Waals surface area contributed by atoms with Gasteiger partial charge in [0.05, 0.1) is 0 Å². The molecule has 0 amide bonds. The fraction of sp³-hybridized carbons (Fsp3) is 0.500. The van der Waals surface area contributed by atoms with Crippen molar-refractivity contribution in [1.82, 2.24) is 0 Å². The van der Waals surface area contributed by atoms with Crippen LogP contribution in [0.1, 0.15) is 50.5 Å². The van der Waals surface area contributed by atoms with Gasteiger partial charge < -0.3 is 0 Å². The van der Waals surface area contributed by atoms with Crippen LogP contribution >= 0.6 is 0 Å². The third-order valence-electron chi connectivity index (χ3n) is 2.93. The van der Waals surface area contributed by atoms with E-state index in [2.05, 4.69) is 30.3 Å². The van der Waals surface area contributed by atoms with Gasteiger partial charge in [-0.2, -0.15) is 0 Å². The van der Waals surface area contributed by atoms with Crippen LogP contribution in [0.2, 0.25) is 0 Å². The SMILES string of the molecule is [CH]=CCCCCCCCCc1ccccc1. The highest BCUT2D eigenvalue weighted by Crippen LogP contribution is 2.10. The van der Waals surface area contributed by atoms with Crippen molar-refractivity contribution >= 4 is 0 Å². The maximum absolute atomic E-state index is 5.33. The van der Waals surface area contributed by atoms with E-state index in [1.54, 1.807) is 6.08 Å². The lowest BCUT2D eigenvalue weighted by Gasteiger charge is -2.01. The number of rotatable bonds is 9. The highest BCUT2D eigenvalue weighted by molar-refractivity contribution is 5.14. The summed E-state index contributed by atoms with van der Waals surface area (Å²) in [5, 5.41) is 0. The molecule has 0 saturated carbocycles. The van der Waals surface area contributed by atoms with Crippen LogP contribution in [0.15, 0.2) is 36.4 Å². The molecule has 0 spiro atoms. The van der Waals surface area contributed by atoms with E-state index < -0.39 is 0 Å². The molecule has 1 aromatic carbocycles. The van der Waals surface area contributed by atoms with Crippen LogP contribution in [0, 0.1) is 6.58 Å². The number of allylic oxidation sites excluding steroid dienone is 1. The molecular weight excluding hydrogens is 192 g/mol. The molecular formula is C16H23. The first kappa shape index (κ1) is 13.0. The van der Waals surface area contributed by atoms with Crippen molar-refractivity contribution in [1.29, 1.82) is 0 Å². The molecule has 16 heavy (non-hydrogen) atoms. The van der Waals surface area contributed by atoms with Gasteiger partial charge in [0.1, 0.15) is 0 Å². The molecule has 87 valence electrons. The van der Waals surface area contributed by atoms with Gasteiger partial charge in [-0.3, -0.25) is 0 Å². The second kappa shape index (κ2) is 9.21. The van der Waals surface area contributed by atoms with E-state index in [-0.39, 0.29) is 0 Å². The van der Waals surface area contributed by atoms with Crippen LogP contribution < -0.4 is 0 Å². The zero-order valence-electron chi connectivity index (χ0n) is 10.2. The van der Waals surface area contributed by atoms with Crippen molar-refractivity contribution in [2.24, 2.45) is 0 Å². The molecule has 0 aliphatic carbocycles. The third kappa shape index (κ3) is 6.44. The van der Waals surface area contributed by atoms with Crippen molar-refractivity contribution in [3.8, 4) is 0 Å². The zero-order chi connectivity index (χ0) is 11.5. The molecule has 0 fully saturated rings. The van der Waals surface area contributed by atoms with E-state index in [9.17, 15) is 0 Å². The standard InChI is InChI=1S/C16H23/c1-2-3-4-5-6-7-8-10-13-16-14-11-9-12-15-16/h1-2,9,11-12,14-15H,3-8,10,13H2. The predicted octanol–water partition coefficient (Wildman–Crippen LogP) is 4.95. The van der Waals surface area contributed by atoms with E-state index in [0.29, 0.717) is 0 Å². The maximum Gasteiger partial charge on any atom is -0.0279 e. The molecule has 0 aliphatic heterocycles. The minimum absolute atomic E-state index is 1.07. The van der Waals surface area contributed by atoms with Crippen molar-refractivity contribution in [2.75, 3.05) is 0 Å². The molecule has 0 nitrogen and oxygen atoms in total. The Morgan fingerprint density at radius 2 is 1.44 bits per heavy atom. The molecule has 0 heteroatoms. The molecule has 1 rings (SSSR count). The van der Waals surface area contributed by atoms with E-state index in [4.69, 9.17) is 6.58 Å². The molecule has 0 aromatic heterocycles. The van der Waals surface area contributed by atoms with Gasteiger partial charge in [-0.15, -0.1) is 0 Å². The first-order valence-corrected chi connectivity index (χ1v) is 6.51. The third-order valence-corrected chi connectivity index (χ3v) is 2.93. The monoisotopic (exact) mass is 215 g/mol. The highest BCUT2D eigenvalue weighted by Gasteiger charge is 1.93. The van der Waals surface area contributed by atoms with Crippen molar-refractivity contribution in [3.63, 3.8) is 0 Å². The highest BCUT2D eigenvalue weighted by atomic mass is 14.0. The smallest absolute Gasteiger partial charge is 0.0279 e. The molecule has 0 N–H and O–H groups in total. The van der Waals surface area contributed by atoms with Gasteiger partial charge in [0.25, 0.3) is 0 Å². The largest absolute Gasteiger partial charge is 0.0845 e. The summed E-state index contributed by atoms with van der Waals surface area (Å²) in [6.45, 7) is 5.33. The Labute approximate surface area is 100 Å². The average Bonchev–Trinajstić information content (AvgIpc) is 2.34. The van der Waals surface area contributed by atoms with Crippen LogP contribution in [0.5, 0.6) is 0 Å². The van der Waals surface area contributed by atoms with E-state index in [1.807, 2.05) is 0 Å². The molecule has 0 atom stereocenters. The summed E-state index contributed by atoms with van der Waals surface area (Å²) < 4.78 is 0. The summed E-state index contributed by atoms with van der Waals surface area (Å²) in [5.74, 6) is 0. The Bertz CT molecular complexity index is 261. The summed E-state index contributed by atoms with van der Waals surface area (Å²) in [4.78, 5) is 0. The van der Waals surface area contributed by atoms with Gasteiger partial charge in [0.2, 0.25) is 0 Å². The maximum atomic E-state index is 5.33. The predicted molar refractivity (Wildman–Crippen MR) is 71.3 cm³/mol. The van der Waals surface area contributed by atoms with Crippen LogP contribution in [-0.4, -0.2) is 0 Å². The number of unbranched alkanes of at least 4 members (excludes halogenated alkanes) is 6. The van der Waals surface area contributed by atoms with Crippen molar-refractivity contribution in [2.45, 2.75) is 51.4 Å². The molecule has 1 aromatic rings. The first-order chi connectivity index (χ1) is 7.93. The summed E-state index contributed by atoms with van der Waals surface area (Å²) >= 11 is 0. The lowest BCUT2D eigenvalue weighted by molar-refractivity contribution is 0.597. The van der Waals surface area contributed by atoms with Gasteiger partial charge in [-0.25, -0.2) is 0 Å². The fourth-order valence-corrected chi connectivity index (χ4v) is 1.94. The minimum atomic E-state index is 1.07. The van der Waals surface area contributed by atoms with Crippen LogP contribution in [0.3, 0.4) is 0 Å². The molecule has 0 saturated heterocycles. The van der Waals surface area contributed by atoms with Gasteiger partial charge in [0, 0.05) is 0 Å². The normalized spacial score (nSPS) is 10.2. The average molecular weight is 215 g/mol. The molecule has 1 radical (unpaired) electrons. The van der Waals surface area contributed by atoms with Gasteiger partial charge in [-0.05, 0) is 31.2 Å². The molecule has 0 aliphatic rings. The number of hydrogen-bond acceptors (Lipinski definition) is 0. The lowest BCUT2D eigenvalue weighted by Crippen LogP contribution is -1.85. The van der Waals surface area contributed by atoms with E-state index in [0.717, 1.165) is 6.42 Å². The summed E-state index contributed by atoms with van der Waals surface area (Å²) in [5.41, 5.74) is 1.47. The number of benzene rings is 1. The summed E-state index contributed by atoms with van der Waals surface area (Å²) in [7, 11) is 0. The lowest BCUT2D eigenvalue weighted by atomic mass is 10.0. The second-order valence-corrected chi connectivity index (χ2v) is 4.38. The molecule has 0 bridgehead atoms. The summed E-state index contributed by atoms with van der Waals surface area (Å²) in [6.07, 6.45) is 12.1. The first-order valence-electron chi connectivity index (χ1n) is 6.51. The fourth-order valence-electron chi connectivity index (χ4n) is 1.94. The Morgan fingerprint density at radius 3 is 2.12 bits per heavy atom. The van der Waals surface area contributed by atoms with Gasteiger partial charge in [-0.1, -0.05) is 68.7 Å². The number of hydrogen-bond donors (Lipinski definition) is 0. The van der Waals surface area contributed by atoms with Crippen LogP contribution in [0.4, 0.5) is 0 Å². The van der Waals surface area contributed by atoms with Crippen LogP contribution in [0.25, 0.3) is 0 Å². The topological polar surface area (TPSA) is 0 Å². The Morgan fingerprint density at radius 1 is 0.812 bits per heavy atom. The van der Waals surface area contributed by atoms with Crippen molar-refractivity contribution in [3.05, 3.63) is 48.6 Å². The zero-order valence-corrected chi connectivity index (χ0v) is 10.2. The molecule has 0 unspecified atom stereocenters. The van der Waals surface area contributed by atoms with Crippen LogP contribution in [-0.2, 0) is 6.42 Å². The molecule has 0 heterocycles. The quantitative estimate of drug-likeness (QED) is 0.511. The van der Waals surface area contributed by atoms with E-state index >= 15 is 0 Å². The Balaban J connectivity index is 1.90. The van der Waals surface area contributed by atoms with Gasteiger partial charge in [0.15, 0.2) is 0 Å². The number of aryl methyl sites for hydroxylation is 1. The van der Waals surface area contributed by atoms with Crippen molar-refractivity contribution < 1.29 is 0 Å². The van der Waals surface area contributed by atoms with Gasteiger partial charge >= 0.3 is 0 Å². The Hall–Kier alpha value is -1.04.